The van der Waals surface area contributed by atoms with Gasteiger partial charge in [0, 0.05) is 13.1 Å². The molecule has 0 amide bonds. The lowest BCUT2D eigenvalue weighted by Crippen LogP contribution is -2.18. The van der Waals surface area contributed by atoms with Crippen LogP contribution in [-0.2, 0) is 29.2 Å². The van der Waals surface area contributed by atoms with Gasteiger partial charge in [0.1, 0.15) is 12.4 Å². The number of carboxylic acid groups (broad SMARTS) is 1. The molecule has 3 rings (SSSR count). The SMILES string of the molecule is CCc1cc(/C(C)=N/OCc2ccc(C3CCCCC3)c(OC)c2)ccc1CNCCC(=O)O. The summed E-state index contributed by atoms with van der Waals surface area (Å²) in [5, 5.41) is 16.3. The van der Waals surface area contributed by atoms with E-state index in [1.807, 2.05) is 13.0 Å². The maximum Gasteiger partial charge on any atom is 0.304 e. The van der Waals surface area contributed by atoms with Crippen LogP contribution in [0.15, 0.2) is 41.6 Å². The van der Waals surface area contributed by atoms with Gasteiger partial charge in [-0.15, -0.1) is 0 Å². The van der Waals surface area contributed by atoms with Crippen molar-refractivity contribution >= 4 is 11.7 Å². The first-order chi connectivity index (χ1) is 16.5. The molecule has 1 saturated carbocycles. The standard InChI is InChI=1S/C28H38N2O4/c1-4-22-17-24(11-12-25(22)18-29-15-14-28(31)32)20(2)30-34-19-21-10-13-26(27(16-21)33-3)23-8-6-5-7-9-23/h10-13,16-17,23,29H,4-9,14-15,18-19H2,1-3H3,(H,31,32)/b30-20+. The molecule has 1 fully saturated rings. The molecule has 0 heterocycles. The zero-order valence-electron chi connectivity index (χ0n) is 20.7. The van der Waals surface area contributed by atoms with Crippen LogP contribution in [0.3, 0.4) is 0 Å². The molecule has 6 heteroatoms. The number of aryl methyl sites for hydroxylation is 1. The molecule has 0 unspecified atom stereocenters. The molecule has 2 N–H and O–H groups in total. The van der Waals surface area contributed by atoms with Crippen molar-refractivity contribution in [2.45, 2.75) is 77.9 Å². The van der Waals surface area contributed by atoms with E-state index in [0.717, 1.165) is 29.0 Å². The average Bonchev–Trinajstić information content (AvgIpc) is 2.86. The van der Waals surface area contributed by atoms with Crippen LogP contribution in [0.5, 0.6) is 5.75 Å². The summed E-state index contributed by atoms with van der Waals surface area (Å²) in [6, 6.07) is 12.7. The van der Waals surface area contributed by atoms with Gasteiger partial charge in [0.25, 0.3) is 0 Å². The van der Waals surface area contributed by atoms with Crippen molar-refractivity contribution < 1.29 is 19.5 Å². The number of nitrogens with one attached hydrogen (secondary N) is 1. The minimum atomic E-state index is -0.788. The van der Waals surface area contributed by atoms with Crippen LogP contribution in [0.25, 0.3) is 0 Å². The van der Waals surface area contributed by atoms with Crippen molar-refractivity contribution in [1.82, 2.24) is 5.32 Å². The lowest BCUT2D eigenvalue weighted by Gasteiger charge is -2.24. The van der Waals surface area contributed by atoms with Crippen LogP contribution in [0.2, 0.25) is 0 Å². The van der Waals surface area contributed by atoms with Gasteiger partial charge in [-0.3, -0.25) is 4.79 Å². The molecule has 0 saturated heterocycles. The van der Waals surface area contributed by atoms with E-state index in [0.29, 0.717) is 25.6 Å². The van der Waals surface area contributed by atoms with E-state index in [2.05, 4.69) is 47.7 Å². The molecule has 0 aliphatic heterocycles. The predicted octanol–water partition coefficient (Wildman–Crippen LogP) is 5.81. The number of rotatable bonds is 12. The number of nitrogens with zero attached hydrogens (tertiary/aromatic N) is 1. The van der Waals surface area contributed by atoms with Gasteiger partial charge in [-0.05, 0) is 72.1 Å². The Kier molecular flexibility index (Phi) is 9.95. The summed E-state index contributed by atoms with van der Waals surface area (Å²) < 4.78 is 5.69. The summed E-state index contributed by atoms with van der Waals surface area (Å²) >= 11 is 0. The van der Waals surface area contributed by atoms with Gasteiger partial charge in [-0.2, -0.15) is 0 Å². The number of carboxylic acids is 1. The Labute approximate surface area is 203 Å². The van der Waals surface area contributed by atoms with Crippen molar-refractivity contribution in [2.75, 3.05) is 13.7 Å². The summed E-state index contributed by atoms with van der Waals surface area (Å²) in [5.41, 5.74) is 6.61. The first kappa shape index (κ1) is 25.8. The summed E-state index contributed by atoms with van der Waals surface area (Å²) in [7, 11) is 1.74. The van der Waals surface area contributed by atoms with Gasteiger partial charge >= 0.3 is 5.97 Å². The van der Waals surface area contributed by atoms with Crippen molar-refractivity contribution in [3.8, 4) is 5.75 Å². The Hall–Kier alpha value is -2.86. The topological polar surface area (TPSA) is 80.2 Å². The van der Waals surface area contributed by atoms with Crippen LogP contribution >= 0.6 is 0 Å². The number of benzene rings is 2. The smallest absolute Gasteiger partial charge is 0.304 e. The molecule has 1 aliphatic rings. The second-order valence-corrected chi connectivity index (χ2v) is 9.02. The number of hydrogen-bond donors (Lipinski definition) is 2. The molecule has 2 aromatic rings. The van der Waals surface area contributed by atoms with Crippen molar-refractivity contribution in [2.24, 2.45) is 5.16 Å². The van der Waals surface area contributed by atoms with E-state index >= 15 is 0 Å². The Balaban J connectivity index is 1.59. The quantitative estimate of drug-likeness (QED) is 0.234. The normalized spacial score (nSPS) is 14.7. The number of oxime groups is 1. The van der Waals surface area contributed by atoms with Crippen molar-refractivity contribution in [1.29, 1.82) is 0 Å². The zero-order valence-corrected chi connectivity index (χ0v) is 20.7. The van der Waals surface area contributed by atoms with Crippen LogP contribution in [0, 0.1) is 0 Å². The van der Waals surface area contributed by atoms with Gasteiger partial charge in [0.05, 0.1) is 19.2 Å². The van der Waals surface area contributed by atoms with E-state index in [4.69, 9.17) is 14.7 Å². The summed E-state index contributed by atoms with van der Waals surface area (Å²) in [5.74, 6) is 0.764. The number of methoxy groups -OCH3 is 1. The number of carbonyl (C=O) groups is 1. The van der Waals surface area contributed by atoms with Gasteiger partial charge in [0.2, 0.25) is 0 Å². The molecule has 6 nitrogen and oxygen atoms in total. The second kappa shape index (κ2) is 13.1. The second-order valence-electron chi connectivity index (χ2n) is 9.02. The van der Waals surface area contributed by atoms with E-state index in [1.54, 1.807) is 7.11 Å². The molecule has 2 aromatic carbocycles. The highest BCUT2D eigenvalue weighted by Gasteiger charge is 2.19. The van der Waals surface area contributed by atoms with Crippen LogP contribution in [0.4, 0.5) is 0 Å². The predicted molar refractivity (Wildman–Crippen MR) is 136 cm³/mol. The van der Waals surface area contributed by atoms with Gasteiger partial charge in [0.15, 0.2) is 0 Å². The largest absolute Gasteiger partial charge is 0.496 e. The van der Waals surface area contributed by atoms with Crippen LogP contribution in [0.1, 0.15) is 86.1 Å². The number of aliphatic carboxylic acids is 1. The van der Waals surface area contributed by atoms with Crippen LogP contribution in [-0.4, -0.2) is 30.4 Å². The maximum atomic E-state index is 10.7. The molecule has 184 valence electrons. The first-order valence-electron chi connectivity index (χ1n) is 12.4. The molecule has 0 aromatic heterocycles. The highest BCUT2D eigenvalue weighted by molar-refractivity contribution is 5.98. The molecular weight excluding hydrogens is 428 g/mol. The number of ether oxygens (including phenoxy) is 1. The lowest BCUT2D eigenvalue weighted by atomic mass is 9.83. The van der Waals surface area contributed by atoms with Gasteiger partial charge in [-0.25, -0.2) is 0 Å². The Morgan fingerprint density at radius 1 is 1.12 bits per heavy atom. The minimum Gasteiger partial charge on any atom is -0.496 e. The molecule has 0 radical (unpaired) electrons. The molecule has 0 atom stereocenters. The van der Waals surface area contributed by atoms with Crippen LogP contribution < -0.4 is 10.1 Å². The number of hydrogen-bond acceptors (Lipinski definition) is 5. The maximum absolute atomic E-state index is 10.7. The molecule has 0 spiro atoms. The van der Waals surface area contributed by atoms with Crippen molar-refractivity contribution in [3.05, 3.63) is 64.2 Å². The summed E-state index contributed by atoms with van der Waals surface area (Å²) in [6.07, 6.45) is 7.44. The third kappa shape index (κ3) is 7.32. The third-order valence-electron chi connectivity index (χ3n) is 6.61. The molecule has 0 bridgehead atoms. The zero-order chi connectivity index (χ0) is 24.3. The first-order valence-corrected chi connectivity index (χ1v) is 12.4. The van der Waals surface area contributed by atoms with Crippen molar-refractivity contribution in [3.63, 3.8) is 0 Å². The van der Waals surface area contributed by atoms with E-state index in [9.17, 15) is 4.79 Å². The van der Waals surface area contributed by atoms with Gasteiger partial charge in [-0.1, -0.05) is 55.6 Å². The fourth-order valence-electron chi connectivity index (χ4n) is 4.62. The highest BCUT2D eigenvalue weighted by Crippen LogP contribution is 2.37. The van der Waals surface area contributed by atoms with Gasteiger partial charge < -0.3 is 20.0 Å². The van der Waals surface area contributed by atoms with E-state index < -0.39 is 5.97 Å². The molecular formula is C28H38N2O4. The Morgan fingerprint density at radius 2 is 1.91 bits per heavy atom. The molecule has 1 aliphatic carbocycles. The Bertz CT molecular complexity index is 980. The third-order valence-corrected chi connectivity index (χ3v) is 6.61. The monoisotopic (exact) mass is 466 g/mol. The summed E-state index contributed by atoms with van der Waals surface area (Å²) in [4.78, 5) is 16.4. The van der Waals surface area contributed by atoms with E-state index in [-0.39, 0.29) is 6.42 Å². The van der Waals surface area contributed by atoms with E-state index in [1.165, 1.54) is 48.8 Å². The highest BCUT2D eigenvalue weighted by atomic mass is 16.6. The summed E-state index contributed by atoms with van der Waals surface area (Å²) in [6.45, 7) is 5.58. The average molecular weight is 467 g/mol. The fraction of sp³-hybridized carbons (Fsp3) is 0.500. The lowest BCUT2D eigenvalue weighted by molar-refractivity contribution is -0.136. The minimum absolute atomic E-state index is 0.123. The fourth-order valence-corrected chi connectivity index (χ4v) is 4.62. The molecule has 34 heavy (non-hydrogen) atoms. The Morgan fingerprint density at radius 3 is 2.62 bits per heavy atom.